The van der Waals surface area contributed by atoms with E-state index in [-0.39, 0.29) is 11.9 Å². The first-order valence-corrected chi connectivity index (χ1v) is 7.90. The van der Waals surface area contributed by atoms with E-state index in [9.17, 15) is 8.42 Å². The zero-order valence-electron chi connectivity index (χ0n) is 11.6. The van der Waals surface area contributed by atoms with E-state index in [1.165, 1.54) is 0 Å². The molecule has 0 radical (unpaired) electrons. The summed E-state index contributed by atoms with van der Waals surface area (Å²) < 4.78 is 35.7. The standard InChI is InChI=1S/C11H26N2O4S/c1-11(2)17-9-7-13(6-4-5-12-3)8-10-18(14,15)16/h11-12H,4-10H2,1-3H3,(H,14,15,16). The second-order valence-electron chi connectivity index (χ2n) is 4.50. The minimum atomic E-state index is -3.89. The normalized spacial score (nSPS) is 12.6. The second-order valence-corrected chi connectivity index (χ2v) is 6.08. The number of hydrogen-bond donors (Lipinski definition) is 2. The van der Waals surface area contributed by atoms with Crippen LogP contribution in [0.5, 0.6) is 0 Å². The third kappa shape index (κ3) is 12.3. The van der Waals surface area contributed by atoms with Gasteiger partial charge in [-0.3, -0.25) is 9.45 Å². The molecule has 0 aromatic heterocycles. The predicted octanol–water partition coefficient (Wildman–Crippen LogP) is 0.211. The molecule has 0 fully saturated rings. The Morgan fingerprint density at radius 1 is 1.28 bits per heavy atom. The maximum absolute atomic E-state index is 10.7. The Balaban J connectivity index is 3.99. The van der Waals surface area contributed by atoms with Crippen molar-refractivity contribution >= 4 is 10.1 Å². The van der Waals surface area contributed by atoms with Gasteiger partial charge in [-0.2, -0.15) is 8.42 Å². The summed E-state index contributed by atoms with van der Waals surface area (Å²) in [6.07, 6.45) is 1.11. The van der Waals surface area contributed by atoms with Gasteiger partial charge < -0.3 is 10.1 Å². The lowest BCUT2D eigenvalue weighted by molar-refractivity contribution is 0.0599. The van der Waals surface area contributed by atoms with Crippen molar-refractivity contribution in [1.29, 1.82) is 0 Å². The first kappa shape index (κ1) is 17.8. The van der Waals surface area contributed by atoms with E-state index in [2.05, 4.69) is 5.32 Å². The highest BCUT2D eigenvalue weighted by atomic mass is 32.2. The van der Waals surface area contributed by atoms with E-state index in [0.717, 1.165) is 19.5 Å². The topological polar surface area (TPSA) is 78.9 Å². The largest absolute Gasteiger partial charge is 0.377 e. The highest BCUT2D eigenvalue weighted by molar-refractivity contribution is 7.85. The Morgan fingerprint density at radius 2 is 1.94 bits per heavy atom. The zero-order valence-corrected chi connectivity index (χ0v) is 12.4. The molecule has 110 valence electrons. The molecule has 6 nitrogen and oxygen atoms in total. The fourth-order valence-corrected chi connectivity index (χ4v) is 1.97. The SMILES string of the molecule is CNCCCN(CCOC(C)C)CCS(=O)(=O)O. The van der Waals surface area contributed by atoms with Crippen molar-refractivity contribution in [2.24, 2.45) is 0 Å². The summed E-state index contributed by atoms with van der Waals surface area (Å²) in [5.41, 5.74) is 0. The molecular weight excluding hydrogens is 256 g/mol. The van der Waals surface area contributed by atoms with Crippen LogP contribution in [0.1, 0.15) is 20.3 Å². The molecule has 0 atom stereocenters. The van der Waals surface area contributed by atoms with Crippen molar-refractivity contribution in [2.45, 2.75) is 26.4 Å². The van der Waals surface area contributed by atoms with Crippen LogP contribution in [0, 0.1) is 0 Å². The van der Waals surface area contributed by atoms with Gasteiger partial charge in [0.1, 0.15) is 0 Å². The first-order chi connectivity index (χ1) is 8.35. The number of ether oxygens (including phenoxy) is 1. The van der Waals surface area contributed by atoms with Gasteiger partial charge >= 0.3 is 0 Å². The van der Waals surface area contributed by atoms with Crippen molar-refractivity contribution in [3.8, 4) is 0 Å². The Bertz CT molecular complexity index is 293. The second kappa shape index (κ2) is 9.69. The molecular formula is C11H26N2O4S. The minimum Gasteiger partial charge on any atom is -0.377 e. The van der Waals surface area contributed by atoms with E-state index < -0.39 is 10.1 Å². The number of rotatable bonds is 11. The molecule has 7 heteroatoms. The van der Waals surface area contributed by atoms with Crippen molar-refractivity contribution < 1.29 is 17.7 Å². The Labute approximate surface area is 110 Å². The summed E-state index contributed by atoms with van der Waals surface area (Å²) in [5, 5.41) is 3.04. The first-order valence-electron chi connectivity index (χ1n) is 6.29. The molecule has 0 aliphatic carbocycles. The van der Waals surface area contributed by atoms with Gasteiger partial charge in [-0.05, 0) is 40.4 Å². The molecule has 0 heterocycles. The summed E-state index contributed by atoms with van der Waals surface area (Å²) in [6.45, 7) is 7.18. The van der Waals surface area contributed by atoms with Crippen LogP contribution in [0.4, 0.5) is 0 Å². The summed E-state index contributed by atoms with van der Waals surface area (Å²) in [6, 6.07) is 0. The minimum absolute atomic E-state index is 0.172. The van der Waals surface area contributed by atoms with Crippen molar-refractivity contribution in [3.05, 3.63) is 0 Å². The lowest BCUT2D eigenvalue weighted by atomic mass is 10.3. The maximum Gasteiger partial charge on any atom is 0.266 e. The number of hydrogen-bond acceptors (Lipinski definition) is 5. The van der Waals surface area contributed by atoms with Gasteiger partial charge in [0.15, 0.2) is 0 Å². The number of nitrogens with one attached hydrogen (secondary N) is 1. The smallest absolute Gasteiger partial charge is 0.266 e. The molecule has 0 spiro atoms. The van der Waals surface area contributed by atoms with Gasteiger partial charge in [-0.15, -0.1) is 0 Å². The third-order valence-corrected chi connectivity index (χ3v) is 3.12. The van der Waals surface area contributed by atoms with Crippen LogP contribution in [0.15, 0.2) is 0 Å². The van der Waals surface area contributed by atoms with Crippen molar-refractivity contribution in [1.82, 2.24) is 10.2 Å². The van der Waals surface area contributed by atoms with E-state index in [1.54, 1.807) is 0 Å². The van der Waals surface area contributed by atoms with E-state index in [1.807, 2.05) is 25.8 Å². The monoisotopic (exact) mass is 282 g/mol. The average molecular weight is 282 g/mol. The average Bonchev–Trinajstić information content (AvgIpc) is 2.23. The molecule has 0 aliphatic rings. The molecule has 0 rings (SSSR count). The van der Waals surface area contributed by atoms with E-state index >= 15 is 0 Å². The van der Waals surface area contributed by atoms with Crippen LogP contribution in [-0.4, -0.2) is 69.6 Å². The molecule has 0 bridgehead atoms. The van der Waals surface area contributed by atoms with Crippen LogP contribution in [0.25, 0.3) is 0 Å². The molecule has 0 unspecified atom stereocenters. The molecule has 0 aromatic rings. The van der Waals surface area contributed by atoms with Crippen LogP contribution in [0.3, 0.4) is 0 Å². The van der Waals surface area contributed by atoms with Gasteiger partial charge in [-0.1, -0.05) is 0 Å². The lowest BCUT2D eigenvalue weighted by Gasteiger charge is -2.22. The molecule has 0 aromatic carbocycles. The molecule has 2 N–H and O–H groups in total. The van der Waals surface area contributed by atoms with Crippen molar-refractivity contribution in [2.75, 3.05) is 45.6 Å². The molecule has 0 amide bonds. The van der Waals surface area contributed by atoms with Gasteiger partial charge in [0, 0.05) is 13.1 Å². The summed E-state index contributed by atoms with van der Waals surface area (Å²) in [4.78, 5) is 1.99. The van der Waals surface area contributed by atoms with Gasteiger partial charge in [0.2, 0.25) is 0 Å². The Kier molecular flexibility index (Phi) is 9.57. The fourth-order valence-electron chi connectivity index (χ4n) is 1.48. The molecule has 0 aliphatic heterocycles. The summed E-state index contributed by atoms with van der Waals surface area (Å²) in [5.74, 6) is -0.228. The van der Waals surface area contributed by atoms with Crippen LogP contribution in [-0.2, 0) is 14.9 Å². The highest BCUT2D eigenvalue weighted by Crippen LogP contribution is 1.96. The van der Waals surface area contributed by atoms with Crippen LogP contribution in [0.2, 0.25) is 0 Å². The highest BCUT2D eigenvalue weighted by Gasteiger charge is 2.10. The van der Waals surface area contributed by atoms with Crippen LogP contribution < -0.4 is 5.32 Å². The van der Waals surface area contributed by atoms with Gasteiger partial charge in [0.25, 0.3) is 10.1 Å². The lowest BCUT2D eigenvalue weighted by Crippen LogP contribution is -2.34. The number of nitrogens with zero attached hydrogens (tertiary/aromatic N) is 1. The molecule has 0 saturated heterocycles. The van der Waals surface area contributed by atoms with Gasteiger partial charge in [-0.25, -0.2) is 0 Å². The zero-order chi connectivity index (χ0) is 14.0. The summed E-state index contributed by atoms with van der Waals surface area (Å²) in [7, 11) is -2.01. The fraction of sp³-hybridized carbons (Fsp3) is 1.00. The van der Waals surface area contributed by atoms with Crippen molar-refractivity contribution in [3.63, 3.8) is 0 Å². The summed E-state index contributed by atoms with van der Waals surface area (Å²) >= 11 is 0. The third-order valence-electron chi connectivity index (χ3n) is 2.43. The maximum atomic E-state index is 10.7. The molecule has 0 saturated carbocycles. The Hall–Kier alpha value is -0.210. The Morgan fingerprint density at radius 3 is 2.44 bits per heavy atom. The van der Waals surface area contributed by atoms with Crippen LogP contribution >= 0.6 is 0 Å². The molecule has 18 heavy (non-hydrogen) atoms. The van der Waals surface area contributed by atoms with Gasteiger partial charge in [0.05, 0.1) is 18.5 Å². The quantitative estimate of drug-likeness (QED) is 0.417. The van der Waals surface area contributed by atoms with E-state index in [4.69, 9.17) is 9.29 Å². The predicted molar refractivity (Wildman–Crippen MR) is 72.5 cm³/mol. The van der Waals surface area contributed by atoms with E-state index in [0.29, 0.717) is 19.7 Å².